The Bertz CT molecular complexity index is 1020. The first kappa shape index (κ1) is 18.7. The fourth-order valence-electron chi connectivity index (χ4n) is 2.77. The first-order chi connectivity index (χ1) is 12.8. The van der Waals surface area contributed by atoms with Crippen molar-refractivity contribution < 1.29 is 18.5 Å². The van der Waals surface area contributed by atoms with Gasteiger partial charge in [0.15, 0.2) is 11.6 Å². The summed E-state index contributed by atoms with van der Waals surface area (Å²) in [7, 11) is 0.132. The number of anilines is 1. The Morgan fingerprint density at radius 3 is 2.81 bits per heavy atom. The number of Topliss-reactive ketones (excluding diaryl/α,β-unsaturated/α-hetero) is 1. The summed E-state index contributed by atoms with van der Waals surface area (Å²) in [5, 5.41) is 18.9. The van der Waals surface area contributed by atoms with Crippen LogP contribution in [0, 0.1) is 11.3 Å². The van der Waals surface area contributed by atoms with Crippen LogP contribution in [0.25, 0.3) is 0 Å². The van der Waals surface area contributed by atoms with E-state index in [0.717, 1.165) is 0 Å². The predicted molar refractivity (Wildman–Crippen MR) is 99.4 cm³/mol. The molecule has 1 unspecified atom stereocenters. The van der Waals surface area contributed by atoms with Crippen LogP contribution in [0.5, 0.6) is 11.5 Å². The SMILES string of the molecule is COc1ccc2c(c1)C(=O)/C(=C/Nc1n[nH]c(S(C)=O)c1C#N)C(C)(C)O2. The lowest BCUT2D eigenvalue weighted by molar-refractivity contribution is 0.0855. The molecule has 1 aromatic heterocycles. The van der Waals surface area contributed by atoms with E-state index in [1.165, 1.54) is 19.6 Å². The highest BCUT2D eigenvalue weighted by Gasteiger charge is 2.38. The number of methoxy groups -OCH3 is 1. The van der Waals surface area contributed by atoms with Crippen LogP contribution in [0.1, 0.15) is 29.8 Å². The van der Waals surface area contributed by atoms with Gasteiger partial charge in [-0.15, -0.1) is 0 Å². The highest BCUT2D eigenvalue weighted by atomic mass is 32.2. The largest absolute Gasteiger partial charge is 0.497 e. The van der Waals surface area contributed by atoms with Crippen molar-refractivity contribution in [3.8, 4) is 17.6 Å². The molecule has 27 heavy (non-hydrogen) atoms. The van der Waals surface area contributed by atoms with Crippen LogP contribution < -0.4 is 14.8 Å². The lowest BCUT2D eigenvalue weighted by atomic mass is 9.87. The van der Waals surface area contributed by atoms with Crippen molar-refractivity contribution >= 4 is 22.4 Å². The lowest BCUT2D eigenvalue weighted by Gasteiger charge is -2.34. The number of carbonyl (C=O) groups is 1. The molecule has 9 heteroatoms. The molecule has 2 heterocycles. The van der Waals surface area contributed by atoms with E-state index in [2.05, 4.69) is 15.5 Å². The lowest BCUT2D eigenvalue weighted by Crippen LogP contribution is -2.39. The summed E-state index contributed by atoms with van der Waals surface area (Å²) in [4.78, 5) is 13.0. The van der Waals surface area contributed by atoms with E-state index < -0.39 is 16.4 Å². The van der Waals surface area contributed by atoms with Crippen LogP contribution in [0.3, 0.4) is 0 Å². The Kier molecular flexibility index (Phi) is 4.76. The number of rotatable bonds is 4. The monoisotopic (exact) mass is 386 g/mol. The standard InChI is InChI=1S/C18H18N4O4S/c1-18(2)13(9-20-16-12(8-19)17(22-21-16)27(4)24)15(23)11-7-10(25-3)5-6-14(11)26-18/h5-7,9H,1-4H3,(H2,20,21,22)/b13-9-. The number of fused-ring (bicyclic) bond motifs is 1. The van der Waals surface area contributed by atoms with Crippen molar-refractivity contribution in [2.75, 3.05) is 18.7 Å². The Balaban J connectivity index is 1.99. The average Bonchev–Trinajstić information content (AvgIpc) is 3.04. The molecule has 0 saturated carbocycles. The molecule has 8 nitrogen and oxygen atoms in total. The molecule has 0 amide bonds. The summed E-state index contributed by atoms with van der Waals surface area (Å²) >= 11 is 0. The maximum absolute atomic E-state index is 13.0. The zero-order valence-corrected chi connectivity index (χ0v) is 16.1. The average molecular weight is 386 g/mol. The summed E-state index contributed by atoms with van der Waals surface area (Å²) < 4.78 is 22.8. The minimum absolute atomic E-state index is 0.136. The number of ether oxygens (including phenoxy) is 2. The van der Waals surface area contributed by atoms with Crippen LogP contribution in [-0.2, 0) is 10.8 Å². The van der Waals surface area contributed by atoms with Crippen LogP contribution in [0.15, 0.2) is 35.0 Å². The van der Waals surface area contributed by atoms with E-state index in [1.807, 2.05) is 6.07 Å². The van der Waals surface area contributed by atoms with Gasteiger partial charge in [0.25, 0.3) is 0 Å². The van der Waals surface area contributed by atoms with Crippen molar-refractivity contribution in [3.05, 3.63) is 41.1 Å². The van der Waals surface area contributed by atoms with Crippen LogP contribution >= 0.6 is 0 Å². The summed E-state index contributed by atoms with van der Waals surface area (Å²) in [5.41, 5.74) is -0.0174. The van der Waals surface area contributed by atoms with E-state index in [9.17, 15) is 14.3 Å². The number of nitrogens with one attached hydrogen (secondary N) is 2. The Morgan fingerprint density at radius 1 is 1.44 bits per heavy atom. The molecule has 1 aliphatic heterocycles. The van der Waals surface area contributed by atoms with Gasteiger partial charge < -0.3 is 14.8 Å². The van der Waals surface area contributed by atoms with E-state index >= 15 is 0 Å². The van der Waals surface area contributed by atoms with Crippen molar-refractivity contribution in [2.45, 2.75) is 24.5 Å². The third-order valence-corrected chi connectivity index (χ3v) is 5.05. The van der Waals surface area contributed by atoms with Crippen LogP contribution in [0.4, 0.5) is 5.82 Å². The highest BCUT2D eigenvalue weighted by Crippen LogP contribution is 2.38. The second-order valence-corrected chi connectivity index (χ2v) is 7.66. The molecule has 1 aromatic carbocycles. The van der Waals surface area contributed by atoms with Gasteiger partial charge in [-0.3, -0.25) is 14.1 Å². The third-order valence-electron chi connectivity index (χ3n) is 4.18. The molecule has 3 rings (SSSR count). The van der Waals surface area contributed by atoms with E-state index in [-0.39, 0.29) is 22.2 Å². The van der Waals surface area contributed by atoms with Crippen molar-refractivity contribution in [1.29, 1.82) is 5.26 Å². The quantitative estimate of drug-likeness (QED) is 0.775. The van der Waals surface area contributed by atoms with Gasteiger partial charge >= 0.3 is 0 Å². The maximum atomic E-state index is 13.0. The number of ketones is 1. The zero-order valence-electron chi connectivity index (χ0n) is 15.2. The maximum Gasteiger partial charge on any atom is 0.198 e. The smallest absolute Gasteiger partial charge is 0.198 e. The van der Waals surface area contributed by atoms with Crippen molar-refractivity contribution in [1.82, 2.24) is 10.2 Å². The third kappa shape index (κ3) is 3.31. The minimum atomic E-state index is -1.39. The van der Waals surface area contributed by atoms with Gasteiger partial charge in [-0.2, -0.15) is 10.4 Å². The van der Waals surface area contributed by atoms with Gasteiger partial charge in [-0.1, -0.05) is 0 Å². The molecule has 0 fully saturated rings. The van der Waals surface area contributed by atoms with Crippen LogP contribution in [-0.4, -0.2) is 39.2 Å². The van der Waals surface area contributed by atoms with Crippen molar-refractivity contribution in [2.24, 2.45) is 0 Å². The van der Waals surface area contributed by atoms with E-state index in [4.69, 9.17) is 9.47 Å². The number of nitrogens with zero attached hydrogens (tertiary/aromatic N) is 2. The topological polar surface area (TPSA) is 117 Å². The van der Waals surface area contributed by atoms with E-state index in [0.29, 0.717) is 22.6 Å². The summed E-state index contributed by atoms with van der Waals surface area (Å²) in [6, 6.07) is 7.01. The van der Waals surface area contributed by atoms with Crippen LogP contribution in [0.2, 0.25) is 0 Å². The Labute approximate surface area is 158 Å². The Morgan fingerprint density at radius 2 is 2.19 bits per heavy atom. The normalized spacial score (nSPS) is 17.6. The number of carbonyl (C=O) groups excluding carboxylic acids is 1. The molecule has 0 saturated heterocycles. The predicted octanol–water partition coefficient (Wildman–Crippen LogP) is 2.38. The second-order valence-electron chi connectivity index (χ2n) is 6.35. The number of H-pyrrole nitrogens is 1. The first-order valence-electron chi connectivity index (χ1n) is 7.99. The van der Waals surface area contributed by atoms with Gasteiger partial charge in [0.1, 0.15) is 33.8 Å². The number of aromatic nitrogens is 2. The molecular formula is C18H18N4O4S. The Hall–Kier alpha value is -3.12. The summed E-state index contributed by atoms with van der Waals surface area (Å²) in [6.07, 6.45) is 2.91. The molecular weight excluding hydrogens is 368 g/mol. The molecule has 0 aliphatic carbocycles. The molecule has 1 aliphatic rings. The number of hydrogen-bond acceptors (Lipinski definition) is 7. The first-order valence-corrected chi connectivity index (χ1v) is 9.55. The minimum Gasteiger partial charge on any atom is -0.497 e. The summed E-state index contributed by atoms with van der Waals surface area (Å²) in [5.74, 6) is 0.993. The molecule has 2 aromatic rings. The van der Waals surface area contributed by atoms with Gasteiger partial charge in [0, 0.05) is 12.5 Å². The molecule has 0 radical (unpaired) electrons. The van der Waals surface area contributed by atoms with Crippen molar-refractivity contribution in [3.63, 3.8) is 0 Å². The molecule has 2 N–H and O–H groups in total. The number of hydrogen-bond donors (Lipinski definition) is 2. The fraction of sp³-hybridized carbons (Fsp3) is 0.278. The second kappa shape index (κ2) is 6.89. The number of benzene rings is 1. The number of nitriles is 1. The highest BCUT2D eigenvalue weighted by molar-refractivity contribution is 7.84. The summed E-state index contributed by atoms with van der Waals surface area (Å²) in [6.45, 7) is 3.54. The molecule has 140 valence electrons. The molecule has 0 spiro atoms. The number of aromatic amines is 1. The fourth-order valence-corrected chi connectivity index (χ4v) is 3.38. The molecule has 1 atom stereocenters. The van der Waals surface area contributed by atoms with Gasteiger partial charge in [-0.25, -0.2) is 0 Å². The van der Waals surface area contributed by atoms with Gasteiger partial charge in [-0.05, 0) is 32.0 Å². The molecule has 0 bridgehead atoms. The van der Waals surface area contributed by atoms with Gasteiger partial charge in [0.05, 0.1) is 29.0 Å². The van der Waals surface area contributed by atoms with Gasteiger partial charge in [0.2, 0.25) is 0 Å². The zero-order chi connectivity index (χ0) is 19.8. The van der Waals surface area contributed by atoms with E-state index in [1.54, 1.807) is 32.0 Å².